The topological polar surface area (TPSA) is 56.8 Å². The highest BCUT2D eigenvalue weighted by molar-refractivity contribution is 7.10. The van der Waals surface area contributed by atoms with Crippen molar-refractivity contribution in [2.24, 2.45) is 0 Å². The highest BCUT2D eigenvalue weighted by Gasteiger charge is 2.15. The zero-order chi connectivity index (χ0) is 16.1. The van der Waals surface area contributed by atoms with Gasteiger partial charge in [-0.05, 0) is 37.7 Å². The number of aromatic amines is 1. The number of thiophene rings is 1. The van der Waals surface area contributed by atoms with Gasteiger partial charge in [-0.25, -0.2) is 0 Å². The molecule has 0 aromatic carbocycles. The van der Waals surface area contributed by atoms with E-state index < -0.39 is 0 Å². The smallest absolute Gasteiger partial charge is 0.0710 e. The molecule has 120 valence electrons. The Morgan fingerprint density at radius 2 is 2.17 bits per heavy atom. The van der Waals surface area contributed by atoms with Gasteiger partial charge in [0.05, 0.1) is 17.9 Å². The van der Waals surface area contributed by atoms with Crippen LogP contribution in [0.5, 0.6) is 0 Å². The summed E-state index contributed by atoms with van der Waals surface area (Å²) >= 11 is 1.80. The molecule has 5 nitrogen and oxygen atoms in total. The van der Waals surface area contributed by atoms with E-state index in [-0.39, 0.29) is 0 Å². The van der Waals surface area contributed by atoms with Gasteiger partial charge in [-0.3, -0.25) is 10.1 Å². The van der Waals surface area contributed by atoms with Crippen molar-refractivity contribution in [2.75, 3.05) is 20.6 Å². The Kier molecular flexibility index (Phi) is 5.17. The SMILES string of the molecule is CN(C)[C@@H](CNCc1cn[nH]c1-c1cccnc1)c1cccs1. The summed E-state index contributed by atoms with van der Waals surface area (Å²) in [5.41, 5.74) is 3.24. The van der Waals surface area contributed by atoms with E-state index in [2.05, 4.69) is 57.0 Å². The molecule has 0 bridgehead atoms. The Morgan fingerprint density at radius 1 is 1.26 bits per heavy atom. The number of H-pyrrole nitrogens is 1. The third-order valence-electron chi connectivity index (χ3n) is 3.82. The minimum absolute atomic E-state index is 0.378. The molecule has 0 aliphatic carbocycles. The predicted molar refractivity (Wildman–Crippen MR) is 94.3 cm³/mol. The van der Waals surface area contributed by atoms with Crippen molar-refractivity contribution < 1.29 is 0 Å². The molecule has 0 radical (unpaired) electrons. The number of aromatic nitrogens is 3. The van der Waals surface area contributed by atoms with Crippen LogP contribution in [0, 0.1) is 0 Å². The zero-order valence-electron chi connectivity index (χ0n) is 13.4. The third kappa shape index (κ3) is 3.85. The normalized spacial score (nSPS) is 12.7. The molecule has 2 N–H and O–H groups in total. The van der Waals surface area contributed by atoms with Crippen LogP contribution in [0.25, 0.3) is 11.3 Å². The molecule has 0 saturated heterocycles. The van der Waals surface area contributed by atoms with Crippen LogP contribution in [0.4, 0.5) is 0 Å². The maximum absolute atomic E-state index is 4.18. The maximum Gasteiger partial charge on any atom is 0.0710 e. The lowest BCUT2D eigenvalue weighted by Crippen LogP contribution is -2.30. The molecule has 3 heterocycles. The standard InChI is InChI=1S/C17H21N5S/c1-22(2)15(16-6-4-8-23-16)12-19-10-14-11-20-21-17(14)13-5-3-7-18-9-13/h3-9,11,15,19H,10,12H2,1-2H3,(H,20,21)/t15-/m0/s1. The second-order valence-electron chi connectivity index (χ2n) is 5.64. The van der Waals surface area contributed by atoms with Crippen molar-refractivity contribution in [3.63, 3.8) is 0 Å². The second kappa shape index (κ2) is 7.50. The Balaban J connectivity index is 1.64. The second-order valence-corrected chi connectivity index (χ2v) is 6.62. The Labute approximate surface area is 140 Å². The summed E-state index contributed by atoms with van der Waals surface area (Å²) in [5, 5.41) is 12.9. The molecule has 0 saturated carbocycles. The van der Waals surface area contributed by atoms with E-state index in [1.807, 2.05) is 24.5 Å². The van der Waals surface area contributed by atoms with E-state index in [9.17, 15) is 0 Å². The van der Waals surface area contributed by atoms with Gasteiger partial charge in [0.2, 0.25) is 0 Å². The molecule has 0 spiro atoms. The Hall–Kier alpha value is -2.02. The quantitative estimate of drug-likeness (QED) is 0.700. The summed E-state index contributed by atoms with van der Waals surface area (Å²) in [6.45, 7) is 1.67. The van der Waals surface area contributed by atoms with Crippen LogP contribution in [0.1, 0.15) is 16.5 Å². The molecule has 23 heavy (non-hydrogen) atoms. The molecular weight excluding hydrogens is 306 g/mol. The van der Waals surface area contributed by atoms with E-state index >= 15 is 0 Å². The predicted octanol–water partition coefficient (Wildman–Crippen LogP) is 2.93. The molecule has 3 rings (SSSR count). The molecule has 1 atom stereocenters. The zero-order valence-corrected chi connectivity index (χ0v) is 14.2. The van der Waals surface area contributed by atoms with Crippen molar-refractivity contribution in [3.8, 4) is 11.3 Å². The third-order valence-corrected chi connectivity index (χ3v) is 4.79. The van der Waals surface area contributed by atoms with Gasteiger partial charge in [-0.2, -0.15) is 5.10 Å². The number of pyridine rings is 1. The van der Waals surface area contributed by atoms with Gasteiger partial charge in [0.1, 0.15) is 0 Å². The fourth-order valence-electron chi connectivity index (χ4n) is 2.57. The highest BCUT2D eigenvalue weighted by atomic mass is 32.1. The van der Waals surface area contributed by atoms with Crippen LogP contribution >= 0.6 is 11.3 Å². The van der Waals surface area contributed by atoms with Crippen molar-refractivity contribution in [1.29, 1.82) is 0 Å². The van der Waals surface area contributed by atoms with Crippen LogP contribution in [-0.2, 0) is 6.54 Å². The van der Waals surface area contributed by atoms with Crippen LogP contribution in [0.2, 0.25) is 0 Å². The summed E-state index contributed by atoms with van der Waals surface area (Å²) in [6.07, 6.45) is 5.51. The van der Waals surface area contributed by atoms with E-state index in [1.165, 1.54) is 4.88 Å². The maximum atomic E-state index is 4.18. The van der Waals surface area contributed by atoms with Gasteiger partial charge < -0.3 is 10.2 Å². The van der Waals surface area contributed by atoms with Gasteiger partial charge in [0.15, 0.2) is 0 Å². The summed E-state index contributed by atoms with van der Waals surface area (Å²) in [5.74, 6) is 0. The van der Waals surface area contributed by atoms with E-state index in [0.717, 1.165) is 29.9 Å². The van der Waals surface area contributed by atoms with Gasteiger partial charge in [0, 0.05) is 41.5 Å². The van der Waals surface area contributed by atoms with E-state index in [0.29, 0.717) is 6.04 Å². The summed E-state index contributed by atoms with van der Waals surface area (Å²) in [6, 6.07) is 8.65. The van der Waals surface area contributed by atoms with Crippen LogP contribution in [-0.4, -0.2) is 40.7 Å². The first-order chi connectivity index (χ1) is 11.3. The van der Waals surface area contributed by atoms with Crippen molar-refractivity contribution >= 4 is 11.3 Å². The molecule has 0 fully saturated rings. The highest BCUT2D eigenvalue weighted by Crippen LogP contribution is 2.23. The average Bonchev–Trinajstić information content (AvgIpc) is 3.23. The van der Waals surface area contributed by atoms with Crippen molar-refractivity contribution in [2.45, 2.75) is 12.6 Å². The lowest BCUT2D eigenvalue weighted by Gasteiger charge is -2.23. The van der Waals surface area contributed by atoms with Gasteiger partial charge in [-0.15, -0.1) is 11.3 Å². The summed E-state index contributed by atoms with van der Waals surface area (Å²) in [4.78, 5) is 7.80. The number of nitrogens with one attached hydrogen (secondary N) is 2. The number of likely N-dealkylation sites (N-methyl/N-ethyl adjacent to an activating group) is 1. The molecule has 0 aliphatic heterocycles. The number of rotatable bonds is 7. The van der Waals surface area contributed by atoms with Crippen LogP contribution in [0.15, 0.2) is 48.2 Å². The molecule has 0 aliphatic rings. The number of nitrogens with zero attached hydrogens (tertiary/aromatic N) is 3. The van der Waals surface area contributed by atoms with Crippen LogP contribution in [0.3, 0.4) is 0 Å². The van der Waals surface area contributed by atoms with Crippen molar-refractivity contribution in [1.82, 2.24) is 25.4 Å². The van der Waals surface area contributed by atoms with Gasteiger partial charge >= 0.3 is 0 Å². The lowest BCUT2D eigenvalue weighted by molar-refractivity contribution is 0.292. The molecular formula is C17H21N5S. The Bertz CT molecular complexity index is 706. The summed E-state index contributed by atoms with van der Waals surface area (Å²) in [7, 11) is 4.23. The summed E-state index contributed by atoms with van der Waals surface area (Å²) < 4.78 is 0. The van der Waals surface area contributed by atoms with Gasteiger partial charge in [-0.1, -0.05) is 6.07 Å². The molecule has 0 amide bonds. The first kappa shape index (κ1) is 15.9. The molecule has 3 aromatic heterocycles. The fraction of sp³-hybridized carbons (Fsp3) is 0.294. The minimum Gasteiger partial charge on any atom is -0.311 e. The van der Waals surface area contributed by atoms with Gasteiger partial charge in [0.25, 0.3) is 0 Å². The average molecular weight is 327 g/mol. The lowest BCUT2D eigenvalue weighted by atomic mass is 10.1. The molecule has 0 unspecified atom stereocenters. The minimum atomic E-state index is 0.378. The Morgan fingerprint density at radius 3 is 2.87 bits per heavy atom. The number of hydrogen-bond donors (Lipinski definition) is 2. The van der Waals surface area contributed by atoms with E-state index in [4.69, 9.17) is 0 Å². The first-order valence-electron chi connectivity index (χ1n) is 7.59. The molecule has 6 heteroatoms. The number of hydrogen-bond acceptors (Lipinski definition) is 5. The fourth-order valence-corrected chi connectivity index (χ4v) is 3.49. The van der Waals surface area contributed by atoms with E-state index in [1.54, 1.807) is 17.5 Å². The largest absolute Gasteiger partial charge is 0.311 e. The monoisotopic (exact) mass is 327 g/mol. The first-order valence-corrected chi connectivity index (χ1v) is 8.47. The van der Waals surface area contributed by atoms with Crippen LogP contribution < -0.4 is 5.32 Å². The molecule has 3 aromatic rings. The van der Waals surface area contributed by atoms with Crippen molar-refractivity contribution in [3.05, 3.63) is 58.7 Å².